The van der Waals surface area contributed by atoms with Gasteiger partial charge in [0.15, 0.2) is 12.2 Å². The minimum atomic E-state index is 0.0475. The molecule has 0 unspecified atom stereocenters. The van der Waals surface area contributed by atoms with Crippen molar-refractivity contribution in [3.8, 4) is 0 Å². The first-order valence-corrected chi connectivity index (χ1v) is 3.67. The van der Waals surface area contributed by atoms with E-state index in [0.717, 1.165) is 25.5 Å². The van der Waals surface area contributed by atoms with Crippen LogP contribution in [0.1, 0.15) is 11.9 Å². The zero-order valence-corrected chi connectivity index (χ0v) is 6.12. The Morgan fingerprint density at radius 3 is 3.27 bits per heavy atom. The minimum absolute atomic E-state index is 0.0475. The van der Waals surface area contributed by atoms with E-state index in [9.17, 15) is 0 Å². The molecule has 1 aliphatic heterocycles. The van der Waals surface area contributed by atoms with Crippen molar-refractivity contribution in [1.82, 2.24) is 10.3 Å². The van der Waals surface area contributed by atoms with Crippen molar-refractivity contribution in [2.24, 2.45) is 0 Å². The van der Waals surface area contributed by atoms with Crippen LogP contribution in [0.2, 0.25) is 0 Å². The number of nitrogens with one attached hydrogen (secondary N) is 1. The van der Waals surface area contributed by atoms with Crippen LogP contribution in [0.4, 0.5) is 0 Å². The molecule has 1 N–H and O–H groups in total. The van der Waals surface area contributed by atoms with Crippen LogP contribution in [-0.2, 0) is 4.74 Å². The number of nitrogens with zero attached hydrogens (tertiary/aromatic N) is 1. The van der Waals surface area contributed by atoms with Crippen molar-refractivity contribution in [2.75, 3.05) is 19.7 Å². The van der Waals surface area contributed by atoms with Crippen molar-refractivity contribution >= 4 is 0 Å². The molecule has 60 valence electrons. The predicted molar refractivity (Wildman–Crippen MR) is 38.1 cm³/mol. The second-order valence-electron chi connectivity index (χ2n) is 2.47. The van der Waals surface area contributed by atoms with Gasteiger partial charge in [-0.05, 0) is 0 Å². The highest BCUT2D eigenvalue weighted by Gasteiger charge is 2.17. The third kappa shape index (κ3) is 1.41. The zero-order chi connectivity index (χ0) is 7.52. The smallest absolute Gasteiger partial charge is 0.180 e. The highest BCUT2D eigenvalue weighted by atomic mass is 16.5. The van der Waals surface area contributed by atoms with Crippen molar-refractivity contribution in [3.05, 3.63) is 18.4 Å². The summed E-state index contributed by atoms with van der Waals surface area (Å²) in [6.07, 6.45) is 3.16. The molecule has 0 radical (unpaired) electrons. The number of hydrogen-bond donors (Lipinski definition) is 1. The van der Waals surface area contributed by atoms with E-state index in [1.54, 1.807) is 6.20 Å². The summed E-state index contributed by atoms with van der Waals surface area (Å²) < 4.78 is 10.5. The first-order valence-electron chi connectivity index (χ1n) is 3.67. The molecule has 1 aromatic heterocycles. The number of morpholine rings is 1. The topological polar surface area (TPSA) is 47.3 Å². The Bertz CT molecular complexity index is 204. The fraction of sp³-hybridized carbons (Fsp3) is 0.571. The molecule has 0 aromatic carbocycles. The van der Waals surface area contributed by atoms with E-state index >= 15 is 0 Å². The predicted octanol–water partition coefficient (Wildman–Crippen LogP) is 0.335. The van der Waals surface area contributed by atoms with E-state index in [2.05, 4.69) is 10.3 Å². The van der Waals surface area contributed by atoms with Crippen molar-refractivity contribution in [2.45, 2.75) is 6.10 Å². The Hall–Kier alpha value is -0.870. The normalized spacial score (nSPS) is 25.3. The van der Waals surface area contributed by atoms with Crippen LogP contribution in [0.25, 0.3) is 0 Å². The number of hydrogen-bond acceptors (Lipinski definition) is 4. The maximum Gasteiger partial charge on any atom is 0.180 e. The van der Waals surface area contributed by atoms with E-state index in [1.807, 2.05) is 0 Å². The van der Waals surface area contributed by atoms with Crippen LogP contribution in [0.15, 0.2) is 17.0 Å². The van der Waals surface area contributed by atoms with Gasteiger partial charge in [-0.1, -0.05) is 0 Å². The number of rotatable bonds is 1. The van der Waals surface area contributed by atoms with Crippen LogP contribution in [0, 0.1) is 0 Å². The van der Waals surface area contributed by atoms with Gasteiger partial charge in [0.2, 0.25) is 0 Å². The summed E-state index contributed by atoms with van der Waals surface area (Å²) >= 11 is 0. The molecule has 0 spiro atoms. The molecule has 2 rings (SSSR count). The van der Waals surface area contributed by atoms with Gasteiger partial charge < -0.3 is 14.5 Å². The molecule has 1 aliphatic rings. The van der Waals surface area contributed by atoms with E-state index in [0.29, 0.717) is 0 Å². The Morgan fingerprint density at radius 2 is 2.64 bits per heavy atom. The van der Waals surface area contributed by atoms with Gasteiger partial charge >= 0.3 is 0 Å². The maximum atomic E-state index is 5.43. The molecule has 1 fully saturated rings. The number of ether oxygens (including phenoxy) is 1. The quantitative estimate of drug-likeness (QED) is 0.633. The summed E-state index contributed by atoms with van der Waals surface area (Å²) in [5, 5.41) is 3.21. The zero-order valence-electron chi connectivity index (χ0n) is 6.12. The van der Waals surface area contributed by atoms with Gasteiger partial charge in [0.05, 0.1) is 12.8 Å². The lowest BCUT2D eigenvalue weighted by atomic mass is 10.2. The van der Waals surface area contributed by atoms with Crippen LogP contribution >= 0.6 is 0 Å². The largest absolute Gasteiger partial charge is 0.446 e. The minimum Gasteiger partial charge on any atom is -0.446 e. The summed E-state index contributed by atoms with van der Waals surface area (Å²) in [6, 6.07) is 0. The average molecular weight is 154 g/mol. The molecule has 11 heavy (non-hydrogen) atoms. The van der Waals surface area contributed by atoms with Crippen molar-refractivity contribution in [1.29, 1.82) is 0 Å². The molecule has 1 aromatic rings. The molecule has 0 bridgehead atoms. The second kappa shape index (κ2) is 3.02. The van der Waals surface area contributed by atoms with Crippen LogP contribution < -0.4 is 5.32 Å². The average Bonchev–Trinajstić information content (AvgIpc) is 2.58. The molecule has 0 amide bonds. The molecule has 4 heteroatoms. The second-order valence-corrected chi connectivity index (χ2v) is 2.47. The van der Waals surface area contributed by atoms with Gasteiger partial charge in [0, 0.05) is 13.1 Å². The molecule has 4 nitrogen and oxygen atoms in total. The van der Waals surface area contributed by atoms with E-state index in [4.69, 9.17) is 9.15 Å². The summed E-state index contributed by atoms with van der Waals surface area (Å²) in [5.74, 6) is 0.803. The number of aromatic nitrogens is 1. The van der Waals surface area contributed by atoms with Crippen LogP contribution in [-0.4, -0.2) is 24.7 Å². The molecule has 2 heterocycles. The SMILES string of the molecule is c1ncc([C@H]2CNCCO2)o1. The highest BCUT2D eigenvalue weighted by Crippen LogP contribution is 2.16. The molecular weight excluding hydrogens is 144 g/mol. The molecule has 1 saturated heterocycles. The van der Waals surface area contributed by atoms with Gasteiger partial charge in [0.1, 0.15) is 6.10 Å². The lowest BCUT2D eigenvalue weighted by molar-refractivity contribution is 0.0143. The van der Waals surface area contributed by atoms with Gasteiger partial charge in [0.25, 0.3) is 0 Å². The highest BCUT2D eigenvalue weighted by molar-refractivity contribution is 4.96. The van der Waals surface area contributed by atoms with E-state index < -0.39 is 0 Å². The van der Waals surface area contributed by atoms with Crippen LogP contribution in [0.5, 0.6) is 0 Å². The Kier molecular flexibility index (Phi) is 1.87. The third-order valence-electron chi connectivity index (χ3n) is 1.70. The Labute approximate surface area is 64.6 Å². The standard InChI is InChI=1S/C7H10N2O2/c1-2-10-6(3-8-1)7-4-9-5-11-7/h4-6,8H,1-3H2/t6-/m1/s1. The summed E-state index contributed by atoms with van der Waals surface area (Å²) in [5.41, 5.74) is 0. The first-order chi connectivity index (χ1) is 5.47. The Morgan fingerprint density at radius 1 is 1.64 bits per heavy atom. The summed E-state index contributed by atoms with van der Waals surface area (Å²) in [4.78, 5) is 3.82. The van der Waals surface area contributed by atoms with Gasteiger partial charge in [-0.25, -0.2) is 4.98 Å². The lowest BCUT2D eigenvalue weighted by Crippen LogP contribution is -2.33. The van der Waals surface area contributed by atoms with Crippen molar-refractivity contribution in [3.63, 3.8) is 0 Å². The summed E-state index contributed by atoms with van der Waals surface area (Å²) in [7, 11) is 0. The fourth-order valence-corrected chi connectivity index (χ4v) is 1.13. The molecule has 0 saturated carbocycles. The fourth-order valence-electron chi connectivity index (χ4n) is 1.13. The Balaban J connectivity index is 2.04. The van der Waals surface area contributed by atoms with Crippen LogP contribution in [0.3, 0.4) is 0 Å². The van der Waals surface area contributed by atoms with E-state index in [-0.39, 0.29) is 6.10 Å². The van der Waals surface area contributed by atoms with Crippen molar-refractivity contribution < 1.29 is 9.15 Å². The first kappa shape index (κ1) is 6.82. The monoisotopic (exact) mass is 154 g/mol. The molecule has 1 atom stereocenters. The molecular formula is C7H10N2O2. The van der Waals surface area contributed by atoms with E-state index in [1.165, 1.54) is 6.39 Å². The number of oxazole rings is 1. The van der Waals surface area contributed by atoms with Gasteiger partial charge in [-0.2, -0.15) is 0 Å². The summed E-state index contributed by atoms with van der Waals surface area (Å²) in [6.45, 7) is 2.48. The lowest BCUT2D eigenvalue weighted by Gasteiger charge is -2.20. The maximum absolute atomic E-state index is 5.43. The van der Waals surface area contributed by atoms with Gasteiger partial charge in [-0.15, -0.1) is 0 Å². The molecule has 0 aliphatic carbocycles. The van der Waals surface area contributed by atoms with Gasteiger partial charge in [-0.3, -0.25) is 0 Å². The third-order valence-corrected chi connectivity index (χ3v) is 1.70.